The summed E-state index contributed by atoms with van der Waals surface area (Å²) >= 11 is 0. The Morgan fingerprint density at radius 2 is 0.412 bits per heavy atom. The molecule has 17 heteroatoms. The molecule has 17 heavy (non-hydrogen) atoms. The zero-order valence-electron chi connectivity index (χ0n) is 6.73. The van der Waals surface area contributed by atoms with E-state index in [1.165, 1.54) is 0 Å². The summed E-state index contributed by atoms with van der Waals surface area (Å²) in [6, 6.07) is 0. The SMILES string of the molecule is O=S(=O)([O-])[O-].O=S(=O)([O-])[O-].O=S(=O)([O-])[O-].[Ag+3].[Ag+3]. The Labute approximate surface area is 128 Å². The molecule has 0 amide bonds. The summed E-state index contributed by atoms with van der Waals surface area (Å²) in [4.78, 5) is 0. The Bertz CT molecular complexity index is 341. The molecular weight excluding hydrogens is 504 g/mol. The number of rotatable bonds is 0. The average molecular weight is 504 g/mol. The Kier molecular flexibility index (Phi) is 22.0. The van der Waals surface area contributed by atoms with Gasteiger partial charge < -0.3 is 27.3 Å². The predicted octanol–water partition coefficient (Wildman–Crippen LogP) is -4.02. The fourth-order valence-corrected chi connectivity index (χ4v) is 0. The van der Waals surface area contributed by atoms with Crippen molar-refractivity contribution < 1.29 is 97.3 Å². The van der Waals surface area contributed by atoms with E-state index in [9.17, 15) is 0 Å². The minimum atomic E-state index is -5.17. The first-order valence-corrected chi connectivity index (χ1v) is 6.00. The average Bonchev–Trinajstić information content (AvgIpc) is 1.41. The second-order valence-electron chi connectivity index (χ2n) is 1.22. The van der Waals surface area contributed by atoms with E-state index in [1.807, 2.05) is 0 Å². The molecule has 0 N–H and O–H groups in total. The fraction of sp³-hybridized carbons (Fsp3) is 0. The van der Waals surface area contributed by atoms with E-state index < -0.39 is 31.2 Å². The van der Waals surface area contributed by atoms with Crippen molar-refractivity contribution in [2.45, 2.75) is 0 Å². The van der Waals surface area contributed by atoms with E-state index in [2.05, 4.69) is 0 Å². The van der Waals surface area contributed by atoms with Crippen LogP contribution in [0.4, 0.5) is 0 Å². The van der Waals surface area contributed by atoms with Crippen LogP contribution in [0.25, 0.3) is 0 Å². The summed E-state index contributed by atoms with van der Waals surface area (Å²) in [7, 11) is -15.5. The third-order valence-electron chi connectivity index (χ3n) is 0. The molecule has 12 nitrogen and oxygen atoms in total. The van der Waals surface area contributed by atoms with Crippen LogP contribution in [0.1, 0.15) is 0 Å². The zero-order chi connectivity index (χ0) is 13.5. The molecular formula is Ag2O12S3. The molecule has 112 valence electrons. The fourth-order valence-electron chi connectivity index (χ4n) is 0. The molecule has 0 atom stereocenters. The maximum Gasteiger partial charge on any atom is 3.00 e. The molecule has 0 aliphatic heterocycles. The van der Waals surface area contributed by atoms with Crippen LogP contribution in [0.2, 0.25) is 0 Å². The monoisotopic (exact) mass is 502 g/mol. The summed E-state index contributed by atoms with van der Waals surface area (Å²) in [6.45, 7) is 0. The molecule has 0 fully saturated rings. The molecule has 0 saturated carbocycles. The molecule has 0 bridgehead atoms. The van der Waals surface area contributed by atoms with E-state index in [4.69, 9.17) is 52.6 Å². The van der Waals surface area contributed by atoms with Gasteiger partial charge in [0.05, 0.1) is 0 Å². The number of hydrogen-bond donors (Lipinski definition) is 0. The van der Waals surface area contributed by atoms with Crippen molar-refractivity contribution in [2.24, 2.45) is 0 Å². The van der Waals surface area contributed by atoms with Gasteiger partial charge in [-0.1, -0.05) is 0 Å². The Balaban J connectivity index is -0.0000000400. The van der Waals surface area contributed by atoms with Crippen LogP contribution in [0, 0.1) is 0 Å². The minimum absolute atomic E-state index is 0. The molecule has 0 spiro atoms. The van der Waals surface area contributed by atoms with Gasteiger partial charge >= 0.3 is 44.8 Å². The summed E-state index contributed by atoms with van der Waals surface area (Å²) in [5.41, 5.74) is 0. The van der Waals surface area contributed by atoms with Gasteiger partial charge in [-0.05, 0) is 0 Å². The van der Waals surface area contributed by atoms with Gasteiger partial charge in [0.25, 0.3) is 0 Å². The van der Waals surface area contributed by atoms with Gasteiger partial charge in [-0.3, -0.25) is 25.3 Å². The zero-order valence-corrected chi connectivity index (χ0v) is 12.1. The first-order valence-electron chi connectivity index (χ1n) is 2.00. The van der Waals surface area contributed by atoms with Gasteiger partial charge in [0, 0.05) is 31.2 Å². The summed E-state index contributed by atoms with van der Waals surface area (Å²) in [5.74, 6) is 0. The topological polar surface area (TPSA) is 241 Å². The maximum atomic E-state index is 8.52. The van der Waals surface area contributed by atoms with Crippen LogP contribution in [0.5, 0.6) is 0 Å². The third-order valence-corrected chi connectivity index (χ3v) is 0. The van der Waals surface area contributed by atoms with Crippen LogP contribution in [-0.4, -0.2) is 52.6 Å². The van der Waals surface area contributed by atoms with Gasteiger partial charge in [0.1, 0.15) is 0 Å². The van der Waals surface area contributed by atoms with Gasteiger partial charge in [-0.15, -0.1) is 0 Å². The van der Waals surface area contributed by atoms with Crippen molar-refractivity contribution in [3.63, 3.8) is 0 Å². The minimum Gasteiger partial charge on any atom is -0.759 e. The van der Waals surface area contributed by atoms with Crippen LogP contribution in [0.15, 0.2) is 0 Å². The second-order valence-corrected chi connectivity index (χ2v) is 3.67. The summed E-state index contributed by atoms with van der Waals surface area (Å²) < 4.78 is 102. The summed E-state index contributed by atoms with van der Waals surface area (Å²) in [5, 5.41) is 0. The van der Waals surface area contributed by atoms with E-state index in [1.54, 1.807) is 0 Å². The van der Waals surface area contributed by atoms with E-state index in [-0.39, 0.29) is 44.8 Å². The van der Waals surface area contributed by atoms with Crippen LogP contribution < -0.4 is 0 Å². The molecule has 0 radical (unpaired) electrons. The normalized spacial score (nSPS) is 10.2. The van der Waals surface area contributed by atoms with Crippen molar-refractivity contribution in [3.8, 4) is 0 Å². The molecule has 0 heterocycles. The molecule has 0 aromatic heterocycles. The summed E-state index contributed by atoms with van der Waals surface area (Å²) in [6.07, 6.45) is 0. The van der Waals surface area contributed by atoms with E-state index in [0.717, 1.165) is 0 Å². The Morgan fingerprint density at radius 3 is 0.412 bits per heavy atom. The van der Waals surface area contributed by atoms with Crippen molar-refractivity contribution in [3.05, 3.63) is 0 Å². The first kappa shape index (κ1) is 30.8. The molecule has 0 rings (SSSR count). The van der Waals surface area contributed by atoms with Gasteiger partial charge in [0.15, 0.2) is 0 Å². The first-order chi connectivity index (χ1) is 6.00. The molecule has 0 aromatic rings. The molecule has 0 aromatic carbocycles. The third kappa shape index (κ3) is 3270. The second kappa shape index (κ2) is 12.1. The smallest absolute Gasteiger partial charge is 0.759 e. The maximum absolute atomic E-state index is 8.52. The predicted molar refractivity (Wildman–Crippen MR) is 31.4 cm³/mol. The van der Waals surface area contributed by atoms with Crippen LogP contribution >= 0.6 is 0 Å². The van der Waals surface area contributed by atoms with Crippen LogP contribution in [0.3, 0.4) is 0 Å². The van der Waals surface area contributed by atoms with Crippen molar-refractivity contribution in [2.75, 3.05) is 0 Å². The molecule has 0 unspecified atom stereocenters. The van der Waals surface area contributed by atoms with Crippen molar-refractivity contribution in [1.29, 1.82) is 0 Å². The Morgan fingerprint density at radius 1 is 0.412 bits per heavy atom. The number of hydrogen-bond acceptors (Lipinski definition) is 12. The van der Waals surface area contributed by atoms with Crippen molar-refractivity contribution in [1.82, 2.24) is 0 Å². The largest absolute Gasteiger partial charge is 3.00 e. The van der Waals surface area contributed by atoms with Crippen molar-refractivity contribution >= 4 is 31.2 Å². The molecule has 0 aliphatic rings. The quantitative estimate of drug-likeness (QED) is 0.174. The van der Waals surface area contributed by atoms with E-state index in [0.29, 0.717) is 0 Å². The molecule has 0 aliphatic carbocycles. The molecule has 0 saturated heterocycles. The van der Waals surface area contributed by atoms with Gasteiger partial charge in [0.2, 0.25) is 0 Å². The van der Waals surface area contributed by atoms with Gasteiger partial charge in [-0.2, -0.15) is 0 Å². The Hall–Kier alpha value is 1.09. The van der Waals surface area contributed by atoms with E-state index >= 15 is 0 Å². The standard InChI is InChI=1S/2Ag.3H2O4S/c;;3*1-5(2,3)4/h;;3*(H2,1,2,3,4)/q2*+3;;;/p-6. The van der Waals surface area contributed by atoms with Crippen LogP contribution in [-0.2, 0) is 76.0 Å². The van der Waals surface area contributed by atoms with Gasteiger partial charge in [-0.25, -0.2) is 0 Å².